The van der Waals surface area contributed by atoms with Gasteiger partial charge in [-0.1, -0.05) is 74.1 Å². The number of hydrogen-bond acceptors (Lipinski definition) is 6. The Morgan fingerprint density at radius 3 is 1.93 bits per heavy atom. The fourth-order valence-electron chi connectivity index (χ4n) is 4.38. The number of nitrogens with two attached hydrogens (primary N) is 1. The third-order valence-electron chi connectivity index (χ3n) is 6.61. The normalized spacial score (nSPS) is 15.9. The van der Waals surface area contributed by atoms with Crippen molar-refractivity contribution in [1.29, 1.82) is 0 Å². The van der Waals surface area contributed by atoms with Gasteiger partial charge < -0.3 is 35.5 Å². The molecule has 250 valence electrons. The first-order valence-electron chi connectivity index (χ1n) is 16.5. The van der Waals surface area contributed by atoms with Crippen molar-refractivity contribution < 1.29 is 28.6 Å². The first-order chi connectivity index (χ1) is 20.2. The van der Waals surface area contributed by atoms with Gasteiger partial charge in [0.25, 0.3) is 0 Å². The number of hydrogen-bond donors (Lipinski definition) is 3. The summed E-state index contributed by atoms with van der Waals surface area (Å²) in [7, 11) is 0. The molecule has 10 nitrogen and oxygen atoms in total. The van der Waals surface area contributed by atoms with Crippen LogP contribution in [-0.2, 0) is 23.8 Å². The summed E-state index contributed by atoms with van der Waals surface area (Å²) in [5.74, 6) is 0.351. The van der Waals surface area contributed by atoms with Gasteiger partial charge in [0.2, 0.25) is 11.8 Å². The van der Waals surface area contributed by atoms with E-state index in [9.17, 15) is 14.4 Å². The molecule has 1 saturated heterocycles. The van der Waals surface area contributed by atoms with Crippen LogP contribution in [0.25, 0.3) is 0 Å². The maximum absolute atomic E-state index is 11.9. The van der Waals surface area contributed by atoms with E-state index in [1.54, 1.807) is 0 Å². The van der Waals surface area contributed by atoms with Crippen molar-refractivity contribution in [2.75, 3.05) is 52.7 Å². The molecule has 0 aromatic carbocycles. The number of carbonyl (C=O) groups excluding carboxylic acids is 3. The minimum Gasteiger partial charge on any atom is -0.381 e. The maximum atomic E-state index is 11.9. The quantitative estimate of drug-likeness (QED) is 0.134. The van der Waals surface area contributed by atoms with E-state index in [0.29, 0.717) is 70.4 Å². The van der Waals surface area contributed by atoms with Gasteiger partial charge in [0, 0.05) is 39.1 Å². The number of ether oxygens (including phenoxy) is 3. The van der Waals surface area contributed by atoms with Crippen LogP contribution in [0.5, 0.6) is 0 Å². The van der Waals surface area contributed by atoms with Gasteiger partial charge >= 0.3 is 6.03 Å². The smallest absolute Gasteiger partial charge is 0.318 e. The van der Waals surface area contributed by atoms with E-state index in [4.69, 9.17) is 19.9 Å². The molecule has 0 aliphatic carbocycles. The summed E-state index contributed by atoms with van der Waals surface area (Å²) in [5.41, 5.74) is 4.86. The molecule has 1 aliphatic rings. The van der Waals surface area contributed by atoms with Crippen LogP contribution in [0, 0.1) is 5.92 Å². The van der Waals surface area contributed by atoms with Gasteiger partial charge in [-0.15, -0.1) is 0 Å². The zero-order valence-corrected chi connectivity index (χ0v) is 28.1. The lowest BCUT2D eigenvalue weighted by atomic mass is 9.95. The summed E-state index contributed by atoms with van der Waals surface area (Å²) >= 11 is 0. The van der Waals surface area contributed by atoms with Gasteiger partial charge in [-0.05, 0) is 38.0 Å². The molecule has 1 fully saturated rings. The topological polar surface area (TPSA) is 132 Å². The van der Waals surface area contributed by atoms with Crippen molar-refractivity contribution in [1.82, 2.24) is 15.5 Å². The molecule has 1 heterocycles. The third kappa shape index (κ3) is 24.7. The fourth-order valence-corrected chi connectivity index (χ4v) is 4.38. The molecule has 0 bridgehead atoms. The van der Waals surface area contributed by atoms with Crippen LogP contribution in [0.3, 0.4) is 0 Å². The van der Waals surface area contributed by atoms with E-state index < -0.39 is 0 Å². The van der Waals surface area contributed by atoms with Gasteiger partial charge in [-0.25, -0.2) is 4.79 Å². The zero-order valence-electron chi connectivity index (χ0n) is 28.1. The van der Waals surface area contributed by atoms with E-state index in [-0.39, 0.29) is 17.8 Å². The standard InChI is InChI=1S/C14H28N2O.C12H25NO3.C6H13NO2/c1-5-7-8-9-10-16-13(11(3)4)12(6-2)15-14(16)17;1-3-5-6-12(14)13-7-9-16-11-10-15-8-4-2;1-2-4-9-5-3-6(7)8/h11-13H,5-10H2,1-4H3,(H,15,17);3-11H2,1-2H3,(H,13,14);2-5H2,1H3,(H2,7,8). The summed E-state index contributed by atoms with van der Waals surface area (Å²) in [6, 6.07) is 0.870. The minimum absolute atomic E-state index is 0.118. The second kappa shape index (κ2) is 30.5. The fraction of sp³-hybridized carbons (Fsp3) is 0.906. The second-order valence-corrected chi connectivity index (χ2v) is 11.0. The highest BCUT2D eigenvalue weighted by Crippen LogP contribution is 2.23. The van der Waals surface area contributed by atoms with Gasteiger partial charge in [0.05, 0.1) is 38.5 Å². The number of nitrogens with zero attached hydrogens (tertiary/aromatic N) is 1. The molecule has 42 heavy (non-hydrogen) atoms. The summed E-state index contributed by atoms with van der Waals surface area (Å²) < 4.78 is 15.5. The van der Waals surface area contributed by atoms with Crippen molar-refractivity contribution in [2.24, 2.45) is 11.7 Å². The highest BCUT2D eigenvalue weighted by molar-refractivity contribution is 5.77. The number of carbonyl (C=O) groups is 3. The Morgan fingerprint density at radius 1 is 0.810 bits per heavy atom. The first kappa shape index (κ1) is 42.2. The summed E-state index contributed by atoms with van der Waals surface area (Å²) in [5, 5.41) is 5.93. The Bertz CT molecular complexity index is 650. The molecule has 2 unspecified atom stereocenters. The molecule has 1 rings (SSSR count). The van der Waals surface area contributed by atoms with E-state index in [0.717, 1.165) is 51.7 Å². The molecular formula is C32H66N4O6. The van der Waals surface area contributed by atoms with Crippen LogP contribution in [0.1, 0.15) is 119 Å². The lowest BCUT2D eigenvalue weighted by molar-refractivity contribution is -0.121. The van der Waals surface area contributed by atoms with E-state index in [1.807, 2.05) is 6.92 Å². The molecule has 10 heteroatoms. The Hall–Kier alpha value is -1.91. The van der Waals surface area contributed by atoms with Crippen LogP contribution in [0.4, 0.5) is 4.79 Å². The molecule has 1 aliphatic heterocycles. The Labute approximate surface area is 257 Å². The molecule has 0 aromatic rings. The van der Waals surface area contributed by atoms with Gasteiger partial charge in [-0.2, -0.15) is 0 Å². The van der Waals surface area contributed by atoms with Gasteiger partial charge in [0.15, 0.2) is 0 Å². The summed E-state index contributed by atoms with van der Waals surface area (Å²) in [6.45, 7) is 20.3. The van der Waals surface area contributed by atoms with Crippen molar-refractivity contribution >= 4 is 17.8 Å². The van der Waals surface area contributed by atoms with Crippen LogP contribution in [0.2, 0.25) is 0 Å². The van der Waals surface area contributed by atoms with Crippen LogP contribution < -0.4 is 16.4 Å². The molecule has 0 aromatic heterocycles. The van der Waals surface area contributed by atoms with Crippen molar-refractivity contribution in [3.63, 3.8) is 0 Å². The summed E-state index contributed by atoms with van der Waals surface area (Å²) in [4.78, 5) is 35.3. The molecular weight excluding hydrogens is 536 g/mol. The predicted molar refractivity (Wildman–Crippen MR) is 171 cm³/mol. The molecule has 0 spiro atoms. The monoisotopic (exact) mass is 602 g/mol. The second-order valence-electron chi connectivity index (χ2n) is 11.0. The first-order valence-corrected chi connectivity index (χ1v) is 16.5. The Balaban J connectivity index is 0. The lowest BCUT2D eigenvalue weighted by Gasteiger charge is -2.29. The SMILES string of the molecule is CCCCC(=O)NCCOCCOCCC.CCCCCCN1C(=O)NC(CC)C1C(C)C.CCCOCCC(N)=O. The molecule has 2 atom stereocenters. The van der Waals surface area contributed by atoms with Gasteiger partial charge in [-0.3, -0.25) is 9.59 Å². The number of nitrogens with one attached hydrogen (secondary N) is 2. The van der Waals surface area contributed by atoms with Crippen molar-refractivity contribution in [3.05, 3.63) is 0 Å². The summed E-state index contributed by atoms with van der Waals surface area (Å²) in [6.07, 6.45) is 10.9. The minimum atomic E-state index is -0.300. The van der Waals surface area contributed by atoms with E-state index in [2.05, 4.69) is 57.1 Å². The average molecular weight is 603 g/mol. The molecule has 4 N–H and O–H groups in total. The van der Waals surface area contributed by atoms with Crippen LogP contribution in [-0.4, -0.2) is 87.6 Å². The molecule has 0 radical (unpaired) electrons. The average Bonchev–Trinajstić information content (AvgIpc) is 3.29. The zero-order chi connectivity index (χ0) is 32.0. The van der Waals surface area contributed by atoms with Crippen molar-refractivity contribution in [2.45, 2.75) is 131 Å². The number of urea groups is 1. The molecule has 4 amide bonds. The van der Waals surface area contributed by atoms with E-state index in [1.165, 1.54) is 19.3 Å². The van der Waals surface area contributed by atoms with Gasteiger partial charge in [0.1, 0.15) is 0 Å². The largest absolute Gasteiger partial charge is 0.381 e. The Morgan fingerprint density at radius 2 is 1.40 bits per heavy atom. The lowest BCUT2D eigenvalue weighted by Crippen LogP contribution is -2.41. The third-order valence-corrected chi connectivity index (χ3v) is 6.61. The maximum Gasteiger partial charge on any atom is 0.318 e. The number of amides is 4. The van der Waals surface area contributed by atoms with E-state index >= 15 is 0 Å². The van der Waals surface area contributed by atoms with Crippen LogP contribution >= 0.6 is 0 Å². The molecule has 0 saturated carbocycles. The highest BCUT2D eigenvalue weighted by Gasteiger charge is 2.39. The Kier molecular flexibility index (Phi) is 30.7. The predicted octanol–water partition coefficient (Wildman–Crippen LogP) is 5.42. The number of unbranched alkanes of at least 4 members (excludes halogenated alkanes) is 4. The number of rotatable bonds is 23. The van der Waals surface area contributed by atoms with Crippen molar-refractivity contribution in [3.8, 4) is 0 Å². The highest BCUT2D eigenvalue weighted by atomic mass is 16.5. The van der Waals surface area contributed by atoms with Crippen LogP contribution in [0.15, 0.2) is 0 Å². The number of primary amides is 1.